The summed E-state index contributed by atoms with van der Waals surface area (Å²) in [6, 6.07) is 0. The number of carbonyl (C=O) groups is 1. The van der Waals surface area contributed by atoms with Crippen molar-refractivity contribution in [3.05, 3.63) is 33.3 Å². The number of nitrogens with zero attached hydrogens (tertiary/aromatic N) is 5. The number of aryl methyl sites for hydroxylation is 3. The Bertz CT molecular complexity index is 854. The third kappa shape index (κ3) is 4.14. The molecule has 27 heavy (non-hydrogen) atoms. The molecule has 8 nitrogen and oxygen atoms in total. The number of likely N-dealkylation sites (tertiary alicyclic amines) is 1. The summed E-state index contributed by atoms with van der Waals surface area (Å²) in [6.07, 6.45) is 3.91. The molecule has 0 bridgehead atoms. The molecule has 0 aromatic carbocycles. The predicted molar refractivity (Wildman–Crippen MR) is 103 cm³/mol. The largest absolute Gasteiger partial charge is 0.345 e. The van der Waals surface area contributed by atoms with Crippen LogP contribution < -0.4 is 5.69 Å². The highest BCUT2D eigenvalue weighted by molar-refractivity contribution is 5.76. The van der Waals surface area contributed by atoms with Crippen LogP contribution in [0.15, 0.2) is 4.79 Å². The van der Waals surface area contributed by atoms with Crippen LogP contribution >= 0.6 is 0 Å². The molecule has 1 aliphatic rings. The average Bonchev–Trinajstić information content (AvgIpc) is 3.12. The zero-order chi connectivity index (χ0) is 19.6. The van der Waals surface area contributed by atoms with Crippen LogP contribution in [0.25, 0.3) is 0 Å². The third-order valence-electron chi connectivity index (χ3n) is 5.77. The number of rotatable bonds is 6. The van der Waals surface area contributed by atoms with Crippen molar-refractivity contribution < 1.29 is 4.79 Å². The minimum atomic E-state index is -0.0518. The molecule has 8 heteroatoms. The molecule has 148 valence electrons. The third-order valence-corrected chi connectivity index (χ3v) is 5.77. The van der Waals surface area contributed by atoms with Gasteiger partial charge in [-0.2, -0.15) is 10.2 Å². The average molecular weight is 374 g/mol. The van der Waals surface area contributed by atoms with Crippen LogP contribution in [0.1, 0.15) is 49.0 Å². The van der Waals surface area contributed by atoms with Crippen molar-refractivity contribution >= 4 is 5.91 Å². The van der Waals surface area contributed by atoms with Gasteiger partial charge in [-0.15, -0.1) is 0 Å². The molecule has 1 amide bonds. The molecule has 0 aliphatic carbocycles. The number of hydrogen-bond acceptors (Lipinski definition) is 4. The van der Waals surface area contributed by atoms with Crippen molar-refractivity contribution in [1.82, 2.24) is 29.4 Å². The van der Waals surface area contributed by atoms with Gasteiger partial charge in [0.15, 0.2) is 0 Å². The van der Waals surface area contributed by atoms with Gasteiger partial charge in [-0.05, 0) is 45.1 Å². The van der Waals surface area contributed by atoms with Crippen LogP contribution in [-0.2, 0) is 31.2 Å². The van der Waals surface area contributed by atoms with Gasteiger partial charge >= 0.3 is 5.69 Å². The molecule has 0 radical (unpaired) electrons. The second kappa shape index (κ2) is 8.10. The SMILES string of the molecule is CCn1c(CC2CCN(C(=O)CCc3n[nH]c(C)c3C)CC2)nn(C)c1=O. The number of nitrogens with one attached hydrogen (secondary N) is 1. The highest BCUT2D eigenvalue weighted by Crippen LogP contribution is 2.22. The molecule has 0 spiro atoms. The fraction of sp³-hybridized carbons (Fsp3) is 0.684. The fourth-order valence-electron chi connectivity index (χ4n) is 3.83. The van der Waals surface area contributed by atoms with Crippen molar-refractivity contribution in [1.29, 1.82) is 0 Å². The number of hydrogen-bond donors (Lipinski definition) is 1. The zero-order valence-electron chi connectivity index (χ0n) is 16.8. The van der Waals surface area contributed by atoms with E-state index in [9.17, 15) is 9.59 Å². The topological polar surface area (TPSA) is 88.8 Å². The molecule has 1 aliphatic heterocycles. The Labute approximate surface area is 159 Å². The molecular formula is C19H30N6O2. The van der Waals surface area contributed by atoms with E-state index in [-0.39, 0.29) is 11.6 Å². The van der Waals surface area contributed by atoms with Gasteiger partial charge < -0.3 is 4.90 Å². The Morgan fingerprint density at radius 2 is 1.96 bits per heavy atom. The van der Waals surface area contributed by atoms with Crippen molar-refractivity contribution in [3.63, 3.8) is 0 Å². The van der Waals surface area contributed by atoms with Crippen LogP contribution in [0.3, 0.4) is 0 Å². The van der Waals surface area contributed by atoms with Gasteiger partial charge in [0.05, 0.1) is 5.69 Å². The van der Waals surface area contributed by atoms with Gasteiger partial charge in [0.2, 0.25) is 5.91 Å². The predicted octanol–water partition coefficient (Wildman–Crippen LogP) is 1.36. The van der Waals surface area contributed by atoms with E-state index in [1.807, 2.05) is 25.7 Å². The number of piperidine rings is 1. The van der Waals surface area contributed by atoms with Gasteiger partial charge in [0.25, 0.3) is 0 Å². The van der Waals surface area contributed by atoms with Gasteiger partial charge in [0, 0.05) is 51.6 Å². The standard InChI is InChI=1S/C19H30N6O2/c1-5-25-17(22-23(4)19(25)27)12-15-8-10-24(11-9-15)18(26)7-6-16-13(2)14(3)20-21-16/h15H,5-12H2,1-4H3,(H,20,21). The summed E-state index contributed by atoms with van der Waals surface area (Å²) in [4.78, 5) is 26.5. The minimum Gasteiger partial charge on any atom is -0.343 e. The van der Waals surface area contributed by atoms with Gasteiger partial charge in [-0.25, -0.2) is 9.48 Å². The summed E-state index contributed by atoms with van der Waals surface area (Å²) in [5, 5.41) is 11.6. The van der Waals surface area contributed by atoms with Crippen LogP contribution in [0.2, 0.25) is 0 Å². The molecule has 2 aromatic rings. The first kappa shape index (κ1) is 19.4. The number of carbonyl (C=O) groups excluding carboxylic acids is 1. The highest BCUT2D eigenvalue weighted by atomic mass is 16.2. The molecule has 2 aromatic heterocycles. The second-order valence-corrected chi connectivity index (χ2v) is 7.52. The molecule has 0 saturated carbocycles. The van der Waals surface area contributed by atoms with Crippen molar-refractivity contribution in [2.24, 2.45) is 13.0 Å². The van der Waals surface area contributed by atoms with Crippen LogP contribution in [0.4, 0.5) is 0 Å². The first-order valence-electron chi connectivity index (χ1n) is 9.81. The Hall–Kier alpha value is -2.38. The van der Waals surface area contributed by atoms with Gasteiger partial charge in [0.1, 0.15) is 5.82 Å². The lowest BCUT2D eigenvalue weighted by Gasteiger charge is -2.32. The first-order chi connectivity index (χ1) is 12.9. The molecule has 1 saturated heterocycles. The van der Waals surface area contributed by atoms with E-state index < -0.39 is 0 Å². The van der Waals surface area contributed by atoms with Crippen molar-refractivity contribution in [2.45, 2.75) is 59.4 Å². The van der Waals surface area contributed by atoms with E-state index in [0.717, 1.165) is 55.1 Å². The monoisotopic (exact) mass is 374 g/mol. The minimum absolute atomic E-state index is 0.0518. The summed E-state index contributed by atoms with van der Waals surface area (Å²) in [5.74, 6) is 1.54. The van der Waals surface area contributed by atoms with E-state index in [1.165, 1.54) is 4.68 Å². The maximum atomic E-state index is 12.5. The molecule has 1 N–H and O–H groups in total. The van der Waals surface area contributed by atoms with E-state index in [4.69, 9.17) is 0 Å². The summed E-state index contributed by atoms with van der Waals surface area (Å²) >= 11 is 0. The summed E-state index contributed by atoms with van der Waals surface area (Å²) in [7, 11) is 1.70. The number of H-pyrrole nitrogens is 1. The van der Waals surface area contributed by atoms with E-state index >= 15 is 0 Å². The Kier molecular flexibility index (Phi) is 5.82. The zero-order valence-corrected chi connectivity index (χ0v) is 16.8. The van der Waals surface area contributed by atoms with E-state index in [1.54, 1.807) is 11.6 Å². The van der Waals surface area contributed by atoms with Crippen LogP contribution in [0.5, 0.6) is 0 Å². The quantitative estimate of drug-likeness (QED) is 0.827. The van der Waals surface area contributed by atoms with Gasteiger partial charge in [-0.1, -0.05) is 0 Å². The lowest BCUT2D eigenvalue weighted by atomic mass is 9.93. The lowest BCUT2D eigenvalue weighted by Crippen LogP contribution is -2.39. The second-order valence-electron chi connectivity index (χ2n) is 7.52. The van der Waals surface area contributed by atoms with Crippen LogP contribution in [0, 0.1) is 19.8 Å². The lowest BCUT2D eigenvalue weighted by molar-refractivity contribution is -0.132. The maximum absolute atomic E-state index is 12.5. The van der Waals surface area contributed by atoms with Crippen molar-refractivity contribution in [2.75, 3.05) is 13.1 Å². The van der Waals surface area contributed by atoms with E-state index in [0.29, 0.717) is 25.3 Å². The highest BCUT2D eigenvalue weighted by Gasteiger charge is 2.25. The molecule has 3 rings (SSSR count). The van der Waals surface area contributed by atoms with Gasteiger partial charge in [-0.3, -0.25) is 14.5 Å². The van der Waals surface area contributed by atoms with E-state index in [2.05, 4.69) is 15.3 Å². The number of amides is 1. The van der Waals surface area contributed by atoms with Crippen molar-refractivity contribution in [3.8, 4) is 0 Å². The summed E-state index contributed by atoms with van der Waals surface area (Å²) in [5.41, 5.74) is 3.16. The van der Waals surface area contributed by atoms with Crippen LogP contribution in [-0.4, -0.2) is 48.4 Å². The maximum Gasteiger partial charge on any atom is 0.345 e. The molecule has 0 atom stereocenters. The Morgan fingerprint density at radius 3 is 2.56 bits per heavy atom. The normalized spacial score (nSPS) is 15.5. The number of aromatic nitrogens is 5. The molecule has 3 heterocycles. The molecular weight excluding hydrogens is 344 g/mol. The Morgan fingerprint density at radius 1 is 1.26 bits per heavy atom. The number of aromatic amines is 1. The fourth-order valence-corrected chi connectivity index (χ4v) is 3.83. The smallest absolute Gasteiger partial charge is 0.343 e. The summed E-state index contributed by atoms with van der Waals surface area (Å²) < 4.78 is 3.15. The summed E-state index contributed by atoms with van der Waals surface area (Å²) in [6.45, 7) is 8.22. The first-order valence-corrected chi connectivity index (χ1v) is 9.81. The Balaban J connectivity index is 1.50. The molecule has 0 unspecified atom stereocenters. The molecule has 1 fully saturated rings.